The fraction of sp³-hybridized carbons (Fsp3) is 0.500. The monoisotopic (exact) mass is 265 g/mol. The van der Waals surface area contributed by atoms with Crippen LogP contribution in [0, 0.1) is 0 Å². The quantitative estimate of drug-likeness (QED) is 0.766. The van der Waals surface area contributed by atoms with Gasteiger partial charge in [0.2, 0.25) is 15.3 Å². The molecular weight excluding hydrogens is 254 g/mol. The maximum atomic E-state index is 12.0. The minimum Gasteiger partial charge on any atom is -0.395 e. The third kappa shape index (κ3) is 2.88. The number of halogens is 1. The van der Waals surface area contributed by atoms with Crippen LogP contribution < -0.4 is 0 Å². The summed E-state index contributed by atoms with van der Waals surface area (Å²) in [5.41, 5.74) is 0. The highest BCUT2D eigenvalue weighted by molar-refractivity contribution is 7.89. The van der Waals surface area contributed by atoms with Gasteiger partial charge in [0, 0.05) is 13.1 Å². The number of hydrogen-bond donors (Lipinski definition) is 1. The molecule has 1 aromatic rings. The van der Waals surface area contributed by atoms with Crippen molar-refractivity contribution in [1.29, 1.82) is 0 Å². The van der Waals surface area contributed by atoms with Gasteiger partial charge in [0.25, 0.3) is 0 Å². The van der Waals surface area contributed by atoms with Gasteiger partial charge in [0.15, 0.2) is 0 Å². The van der Waals surface area contributed by atoms with Crippen LogP contribution in [-0.2, 0) is 10.0 Å². The van der Waals surface area contributed by atoms with E-state index in [1.165, 1.54) is 0 Å². The van der Waals surface area contributed by atoms with Crippen LogP contribution in [0.1, 0.15) is 6.92 Å². The van der Waals surface area contributed by atoms with Gasteiger partial charge in [-0.1, -0.05) is 6.92 Å². The third-order valence-corrected chi connectivity index (χ3v) is 4.06. The number of rotatable bonds is 5. The summed E-state index contributed by atoms with van der Waals surface area (Å²) in [6, 6.07) is 0. The highest BCUT2D eigenvalue weighted by atomic mass is 35.5. The van der Waals surface area contributed by atoms with Gasteiger partial charge in [0.05, 0.1) is 19.0 Å². The first kappa shape index (κ1) is 13.3. The number of aromatic nitrogens is 2. The van der Waals surface area contributed by atoms with Crippen LogP contribution in [0.3, 0.4) is 0 Å². The molecule has 8 heteroatoms. The van der Waals surface area contributed by atoms with Crippen molar-refractivity contribution in [1.82, 2.24) is 14.3 Å². The molecule has 16 heavy (non-hydrogen) atoms. The Morgan fingerprint density at radius 2 is 2.00 bits per heavy atom. The van der Waals surface area contributed by atoms with Crippen molar-refractivity contribution < 1.29 is 13.5 Å². The molecule has 0 bridgehead atoms. The number of aliphatic hydroxyl groups is 1. The SMILES string of the molecule is CCN(CCO)S(=O)(=O)c1cnc(Cl)nc1. The molecule has 0 fully saturated rings. The molecule has 1 N–H and O–H groups in total. The average Bonchev–Trinajstić information content (AvgIpc) is 2.26. The molecule has 0 saturated heterocycles. The minimum absolute atomic E-state index is 0.0100. The van der Waals surface area contributed by atoms with Gasteiger partial charge in [-0.15, -0.1) is 0 Å². The van der Waals surface area contributed by atoms with E-state index in [9.17, 15) is 8.42 Å². The lowest BCUT2D eigenvalue weighted by Crippen LogP contribution is -2.33. The maximum absolute atomic E-state index is 12.0. The molecule has 1 aromatic heterocycles. The van der Waals surface area contributed by atoms with E-state index < -0.39 is 10.0 Å². The zero-order valence-electron chi connectivity index (χ0n) is 8.67. The van der Waals surface area contributed by atoms with E-state index in [1.54, 1.807) is 6.92 Å². The second-order valence-electron chi connectivity index (χ2n) is 2.91. The van der Waals surface area contributed by atoms with Gasteiger partial charge in [-0.05, 0) is 11.6 Å². The molecule has 0 saturated carbocycles. The number of sulfonamides is 1. The normalized spacial score (nSPS) is 12.0. The van der Waals surface area contributed by atoms with Gasteiger partial charge in [-0.3, -0.25) is 0 Å². The molecule has 0 aliphatic heterocycles. The van der Waals surface area contributed by atoms with E-state index in [1.807, 2.05) is 0 Å². The Morgan fingerprint density at radius 3 is 2.44 bits per heavy atom. The highest BCUT2D eigenvalue weighted by Gasteiger charge is 2.23. The Kier molecular flexibility index (Phi) is 4.60. The lowest BCUT2D eigenvalue weighted by atomic mass is 10.6. The predicted molar refractivity (Wildman–Crippen MR) is 58.6 cm³/mol. The van der Waals surface area contributed by atoms with Crippen LogP contribution in [0.2, 0.25) is 5.28 Å². The first-order valence-electron chi connectivity index (χ1n) is 4.61. The van der Waals surface area contributed by atoms with Crippen LogP contribution in [-0.4, -0.2) is 47.5 Å². The fourth-order valence-electron chi connectivity index (χ4n) is 1.14. The van der Waals surface area contributed by atoms with E-state index in [0.717, 1.165) is 16.7 Å². The summed E-state index contributed by atoms with van der Waals surface area (Å²) in [5.74, 6) is 0. The highest BCUT2D eigenvalue weighted by Crippen LogP contribution is 2.13. The Labute approximate surface area is 98.9 Å². The third-order valence-electron chi connectivity index (χ3n) is 1.94. The molecular formula is C8H12ClN3O3S. The van der Waals surface area contributed by atoms with E-state index >= 15 is 0 Å². The molecule has 90 valence electrons. The predicted octanol–water partition coefficient (Wildman–Crippen LogP) is 0.133. The Morgan fingerprint density at radius 1 is 1.44 bits per heavy atom. The number of aliphatic hydroxyl groups excluding tert-OH is 1. The summed E-state index contributed by atoms with van der Waals surface area (Å²) in [6.07, 6.45) is 2.29. The smallest absolute Gasteiger partial charge is 0.246 e. The van der Waals surface area contributed by atoms with Crippen molar-refractivity contribution >= 4 is 21.6 Å². The molecule has 0 spiro atoms. The van der Waals surface area contributed by atoms with Gasteiger partial charge in [-0.25, -0.2) is 18.4 Å². The Balaban J connectivity index is 3.04. The number of hydrogen-bond acceptors (Lipinski definition) is 5. The van der Waals surface area contributed by atoms with Gasteiger partial charge in [0.1, 0.15) is 4.90 Å². The summed E-state index contributed by atoms with van der Waals surface area (Å²) in [6.45, 7) is 1.76. The van der Waals surface area contributed by atoms with Crippen molar-refractivity contribution in [3.63, 3.8) is 0 Å². The second-order valence-corrected chi connectivity index (χ2v) is 5.18. The maximum Gasteiger partial charge on any atom is 0.246 e. The molecule has 0 amide bonds. The van der Waals surface area contributed by atoms with E-state index in [4.69, 9.17) is 16.7 Å². The zero-order chi connectivity index (χ0) is 12.2. The molecule has 0 aliphatic rings. The zero-order valence-corrected chi connectivity index (χ0v) is 10.2. The van der Waals surface area contributed by atoms with Crippen molar-refractivity contribution in [2.24, 2.45) is 0 Å². The molecule has 0 aliphatic carbocycles. The van der Waals surface area contributed by atoms with Crippen molar-refractivity contribution in [2.75, 3.05) is 19.7 Å². The number of nitrogens with zero attached hydrogens (tertiary/aromatic N) is 3. The van der Waals surface area contributed by atoms with Crippen molar-refractivity contribution in [3.05, 3.63) is 17.7 Å². The Hall–Kier alpha value is -0.760. The molecule has 0 aromatic carbocycles. The molecule has 0 atom stereocenters. The van der Waals surface area contributed by atoms with E-state index in [2.05, 4.69) is 9.97 Å². The van der Waals surface area contributed by atoms with E-state index in [-0.39, 0.29) is 29.9 Å². The molecule has 0 radical (unpaired) electrons. The van der Waals surface area contributed by atoms with Crippen LogP contribution in [0.5, 0.6) is 0 Å². The van der Waals surface area contributed by atoms with E-state index in [0.29, 0.717) is 0 Å². The standard InChI is InChI=1S/C8H12ClN3O3S/c1-2-12(3-4-13)16(14,15)7-5-10-8(9)11-6-7/h5-6,13H,2-4H2,1H3. The van der Waals surface area contributed by atoms with Crippen molar-refractivity contribution in [2.45, 2.75) is 11.8 Å². The fourth-order valence-corrected chi connectivity index (χ4v) is 2.57. The largest absolute Gasteiger partial charge is 0.395 e. The van der Waals surface area contributed by atoms with Gasteiger partial charge >= 0.3 is 0 Å². The first-order chi connectivity index (χ1) is 7.52. The topological polar surface area (TPSA) is 83.4 Å². The summed E-state index contributed by atoms with van der Waals surface area (Å²) >= 11 is 5.47. The van der Waals surface area contributed by atoms with Gasteiger partial charge in [-0.2, -0.15) is 4.31 Å². The van der Waals surface area contributed by atoms with Crippen LogP contribution in [0.15, 0.2) is 17.3 Å². The average molecular weight is 266 g/mol. The summed E-state index contributed by atoms with van der Waals surface area (Å²) in [7, 11) is -3.64. The van der Waals surface area contributed by atoms with Crippen molar-refractivity contribution in [3.8, 4) is 0 Å². The van der Waals surface area contributed by atoms with Crippen LogP contribution in [0.4, 0.5) is 0 Å². The first-order valence-corrected chi connectivity index (χ1v) is 6.42. The molecule has 1 heterocycles. The lowest BCUT2D eigenvalue weighted by Gasteiger charge is -2.18. The molecule has 0 unspecified atom stereocenters. The summed E-state index contributed by atoms with van der Waals surface area (Å²) < 4.78 is 25.1. The van der Waals surface area contributed by atoms with Gasteiger partial charge < -0.3 is 5.11 Å². The minimum atomic E-state index is -3.64. The Bertz CT molecular complexity index is 434. The summed E-state index contributed by atoms with van der Waals surface area (Å²) in [4.78, 5) is 7.18. The molecule has 6 nitrogen and oxygen atoms in total. The number of likely N-dealkylation sites (N-methyl/N-ethyl adjacent to an activating group) is 1. The second kappa shape index (κ2) is 5.53. The lowest BCUT2D eigenvalue weighted by molar-refractivity contribution is 0.257. The summed E-state index contributed by atoms with van der Waals surface area (Å²) in [5, 5.41) is 8.75. The van der Waals surface area contributed by atoms with Crippen LogP contribution >= 0.6 is 11.6 Å². The molecule has 1 rings (SSSR count). The van der Waals surface area contributed by atoms with Crippen LogP contribution in [0.25, 0.3) is 0 Å².